The molecule has 0 bridgehead atoms. The minimum Gasteiger partial charge on any atom is -0.378 e. The largest absolute Gasteiger partial charge is 0.378 e. The number of aromatic amines is 1. The fourth-order valence-electron chi connectivity index (χ4n) is 2.38. The molecule has 122 valence electrons. The first kappa shape index (κ1) is 16.1. The molecule has 0 fully saturated rings. The lowest BCUT2D eigenvalue weighted by molar-refractivity contribution is 0.871. The van der Waals surface area contributed by atoms with Crippen LogP contribution in [0.25, 0.3) is 11.4 Å². The maximum atomic E-state index is 5.31. The summed E-state index contributed by atoms with van der Waals surface area (Å²) < 4.78 is 2.12. The van der Waals surface area contributed by atoms with E-state index < -0.39 is 0 Å². The Hall–Kier alpha value is -2.73. The molecular weight excluding hydrogens is 318 g/mol. The van der Waals surface area contributed by atoms with Gasteiger partial charge in [0.25, 0.3) is 0 Å². The molecule has 24 heavy (non-hydrogen) atoms. The Morgan fingerprint density at radius 3 is 2.50 bits per heavy atom. The van der Waals surface area contributed by atoms with Crippen molar-refractivity contribution in [1.82, 2.24) is 14.9 Å². The Morgan fingerprint density at radius 2 is 1.83 bits per heavy atom. The third-order valence-electron chi connectivity index (χ3n) is 3.77. The van der Waals surface area contributed by atoms with Crippen LogP contribution in [0.1, 0.15) is 11.1 Å². The topological polar surface area (TPSA) is 49.2 Å². The summed E-state index contributed by atoms with van der Waals surface area (Å²) in [4.78, 5) is 2.06. The Bertz CT molecular complexity index is 919. The number of H-pyrrole nitrogens is 1. The zero-order chi connectivity index (χ0) is 17.1. The summed E-state index contributed by atoms with van der Waals surface area (Å²) in [5, 5.41) is 11.6. The van der Waals surface area contributed by atoms with Gasteiger partial charge in [0, 0.05) is 25.3 Å². The van der Waals surface area contributed by atoms with Gasteiger partial charge in [-0.15, -0.1) is 0 Å². The number of nitrogens with one attached hydrogen (secondary N) is 1. The molecule has 0 unspecified atom stereocenters. The molecule has 2 aromatic carbocycles. The number of aromatic nitrogens is 3. The molecule has 0 spiro atoms. The molecule has 0 saturated carbocycles. The molecule has 1 heterocycles. The Morgan fingerprint density at radius 1 is 1.12 bits per heavy atom. The van der Waals surface area contributed by atoms with Crippen LogP contribution in [0.5, 0.6) is 0 Å². The first-order chi connectivity index (χ1) is 11.6. The van der Waals surface area contributed by atoms with E-state index in [9.17, 15) is 0 Å². The van der Waals surface area contributed by atoms with Crippen LogP contribution in [0.15, 0.2) is 53.6 Å². The zero-order valence-electron chi connectivity index (χ0n) is 13.9. The second-order valence-corrected chi connectivity index (χ2v) is 6.10. The summed E-state index contributed by atoms with van der Waals surface area (Å²) in [6.07, 6.45) is 1.78. The summed E-state index contributed by atoms with van der Waals surface area (Å²) in [6.45, 7) is 2.04. The lowest BCUT2D eigenvalue weighted by Crippen LogP contribution is -2.08. The number of hydrogen-bond acceptors (Lipinski definition) is 4. The van der Waals surface area contributed by atoms with Gasteiger partial charge < -0.3 is 4.90 Å². The average molecular weight is 337 g/mol. The van der Waals surface area contributed by atoms with Crippen LogP contribution >= 0.6 is 12.2 Å². The van der Waals surface area contributed by atoms with Gasteiger partial charge in [0.2, 0.25) is 4.77 Å². The van der Waals surface area contributed by atoms with E-state index in [4.69, 9.17) is 12.2 Å². The van der Waals surface area contributed by atoms with Crippen LogP contribution in [0.3, 0.4) is 0 Å². The van der Waals surface area contributed by atoms with Crippen molar-refractivity contribution in [3.63, 3.8) is 0 Å². The fraction of sp³-hybridized carbons (Fsp3) is 0.167. The summed E-state index contributed by atoms with van der Waals surface area (Å²) in [5.74, 6) is 0.708. The molecule has 3 aromatic rings. The van der Waals surface area contributed by atoms with Crippen molar-refractivity contribution in [1.29, 1.82) is 0 Å². The second-order valence-electron chi connectivity index (χ2n) is 5.71. The minimum atomic E-state index is 0.467. The molecule has 0 amide bonds. The van der Waals surface area contributed by atoms with Crippen molar-refractivity contribution in [2.75, 3.05) is 19.0 Å². The predicted octanol–water partition coefficient (Wildman–Crippen LogP) is 3.86. The molecule has 0 saturated heterocycles. The van der Waals surface area contributed by atoms with Crippen molar-refractivity contribution < 1.29 is 0 Å². The molecule has 6 heteroatoms. The molecule has 0 atom stereocenters. The number of nitrogens with zero attached hydrogens (tertiary/aromatic N) is 4. The molecule has 0 aliphatic heterocycles. The van der Waals surface area contributed by atoms with Crippen LogP contribution in [-0.2, 0) is 0 Å². The first-order valence-corrected chi connectivity index (χ1v) is 8.02. The first-order valence-electron chi connectivity index (χ1n) is 7.61. The highest BCUT2D eigenvalue weighted by Crippen LogP contribution is 2.21. The third-order valence-corrected chi connectivity index (χ3v) is 4.03. The van der Waals surface area contributed by atoms with Crippen molar-refractivity contribution in [2.24, 2.45) is 5.10 Å². The van der Waals surface area contributed by atoms with Crippen molar-refractivity contribution in [2.45, 2.75) is 6.92 Å². The Labute approximate surface area is 146 Å². The molecule has 5 nitrogen and oxygen atoms in total. The van der Waals surface area contributed by atoms with Crippen LogP contribution in [-0.4, -0.2) is 35.2 Å². The Balaban J connectivity index is 1.95. The maximum Gasteiger partial charge on any atom is 0.216 e. The summed E-state index contributed by atoms with van der Waals surface area (Å²) in [7, 11) is 4.03. The van der Waals surface area contributed by atoms with E-state index in [2.05, 4.69) is 32.3 Å². The molecule has 0 aliphatic rings. The van der Waals surface area contributed by atoms with E-state index in [1.807, 2.05) is 57.4 Å². The van der Waals surface area contributed by atoms with Crippen molar-refractivity contribution in [3.05, 3.63) is 64.4 Å². The number of anilines is 1. The highest BCUT2D eigenvalue weighted by atomic mass is 32.1. The summed E-state index contributed by atoms with van der Waals surface area (Å²) in [5.41, 5.74) is 4.27. The van der Waals surface area contributed by atoms with Gasteiger partial charge in [0.05, 0.1) is 6.21 Å². The van der Waals surface area contributed by atoms with Gasteiger partial charge in [-0.1, -0.05) is 36.4 Å². The van der Waals surface area contributed by atoms with Crippen LogP contribution in [0.2, 0.25) is 0 Å². The monoisotopic (exact) mass is 337 g/mol. The SMILES string of the molecule is Cc1ccccc1-c1n[nH]c(=S)n1/N=C/c1ccc(N(C)C)cc1. The molecule has 0 radical (unpaired) electrons. The lowest BCUT2D eigenvalue weighted by atomic mass is 10.1. The third kappa shape index (κ3) is 3.28. The van der Waals surface area contributed by atoms with E-state index in [0.29, 0.717) is 10.6 Å². The number of benzene rings is 2. The highest BCUT2D eigenvalue weighted by molar-refractivity contribution is 7.71. The standard InChI is InChI=1S/C18H19N5S/c1-13-6-4-5-7-16(13)17-20-21-18(24)23(17)19-12-14-8-10-15(11-9-14)22(2)3/h4-12H,1-3H3,(H,21,24)/b19-12+. The number of hydrogen-bond donors (Lipinski definition) is 1. The van der Waals surface area contributed by atoms with E-state index in [1.54, 1.807) is 10.9 Å². The highest BCUT2D eigenvalue weighted by Gasteiger charge is 2.09. The van der Waals surface area contributed by atoms with Crippen molar-refractivity contribution >= 4 is 24.1 Å². The zero-order valence-corrected chi connectivity index (χ0v) is 14.7. The van der Waals surface area contributed by atoms with Gasteiger partial charge in [-0.05, 0) is 42.4 Å². The average Bonchev–Trinajstić information content (AvgIpc) is 2.94. The van der Waals surface area contributed by atoms with Gasteiger partial charge in [-0.25, -0.2) is 5.10 Å². The molecular formula is C18H19N5S. The van der Waals surface area contributed by atoms with Gasteiger partial charge in [-0.2, -0.15) is 14.9 Å². The van der Waals surface area contributed by atoms with Crippen molar-refractivity contribution in [3.8, 4) is 11.4 Å². The van der Waals surface area contributed by atoms with Gasteiger partial charge in [0.15, 0.2) is 5.82 Å². The summed E-state index contributed by atoms with van der Waals surface area (Å²) in [6, 6.07) is 16.2. The van der Waals surface area contributed by atoms with E-state index >= 15 is 0 Å². The molecule has 1 aromatic heterocycles. The van der Waals surface area contributed by atoms with Gasteiger partial charge in [-0.3, -0.25) is 0 Å². The van der Waals surface area contributed by atoms with E-state index in [-0.39, 0.29) is 0 Å². The van der Waals surface area contributed by atoms with E-state index in [0.717, 1.165) is 22.4 Å². The normalized spacial score (nSPS) is 11.1. The Kier molecular flexibility index (Phi) is 4.57. The predicted molar refractivity (Wildman–Crippen MR) is 101 cm³/mol. The summed E-state index contributed by atoms with van der Waals surface area (Å²) >= 11 is 5.31. The smallest absolute Gasteiger partial charge is 0.216 e. The van der Waals surface area contributed by atoms with E-state index in [1.165, 1.54) is 0 Å². The molecule has 1 N–H and O–H groups in total. The quantitative estimate of drug-likeness (QED) is 0.581. The molecule has 3 rings (SSSR count). The van der Waals surface area contributed by atoms with Gasteiger partial charge >= 0.3 is 0 Å². The van der Waals surface area contributed by atoms with Crippen LogP contribution < -0.4 is 4.90 Å². The van der Waals surface area contributed by atoms with Crippen LogP contribution in [0.4, 0.5) is 5.69 Å². The van der Waals surface area contributed by atoms with Crippen LogP contribution in [0, 0.1) is 11.7 Å². The van der Waals surface area contributed by atoms with Gasteiger partial charge in [0.1, 0.15) is 0 Å². The second kappa shape index (κ2) is 6.80. The number of rotatable bonds is 4. The minimum absolute atomic E-state index is 0.467. The molecule has 0 aliphatic carbocycles. The number of aryl methyl sites for hydroxylation is 1. The maximum absolute atomic E-state index is 5.31. The fourth-order valence-corrected chi connectivity index (χ4v) is 2.56. The lowest BCUT2D eigenvalue weighted by Gasteiger charge is -2.11.